The molecule has 4 N–H and O–H groups in total. The Kier molecular flexibility index (Phi) is 2.73. The van der Waals surface area contributed by atoms with E-state index in [1.807, 2.05) is 6.92 Å². The minimum Gasteiger partial charge on any atom is -0.366 e. The molecule has 2 amide bonds. The van der Waals surface area contributed by atoms with Crippen molar-refractivity contribution in [1.29, 1.82) is 0 Å². The lowest BCUT2D eigenvalue weighted by molar-refractivity contribution is 0.0998. The Morgan fingerprint density at radius 1 is 1.33 bits per heavy atom. The van der Waals surface area contributed by atoms with E-state index in [2.05, 4.69) is 0 Å². The standard InChI is InChI=1S/C12H15N3O3/c1-2-12(3-4-12)15-6-7(9(13)16)5-8(10(14)17)11(15)18/h5-6H,2-4H2,1H3,(H2,13,16)(H2,14,17). The van der Waals surface area contributed by atoms with E-state index < -0.39 is 17.4 Å². The van der Waals surface area contributed by atoms with Crippen LogP contribution in [0.25, 0.3) is 0 Å². The van der Waals surface area contributed by atoms with Gasteiger partial charge >= 0.3 is 0 Å². The van der Waals surface area contributed by atoms with Crippen molar-refractivity contribution in [3.05, 3.63) is 33.7 Å². The highest BCUT2D eigenvalue weighted by Crippen LogP contribution is 2.45. The van der Waals surface area contributed by atoms with E-state index in [-0.39, 0.29) is 16.7 Å². The largest absolute Gasteiger partial charge is 0.366 e. The predicted molar refractivity (Wildman–Crippen MR) is 65.2 cm³/mol. The SMILES string of the molecule is CCC1(n2cc(C(N)=O)cc(C(N)=O)c2=O)CC1. The van der Waals surface area contributed by atoms with Gasteiger partial charge in [0.2, 0.25) is 5.91 Å². The van der Waals surface area contributed by atoms with Gasteiger partial charge < -0.3 is 16.0 Å². The number of nitrogens with two attached hydrogens (primary N) is 2. The summed E-state index contributed by atoms with van der Waals surface area (Å²) in [6.07, 6.45) is 3.88. The van der Waals surface area contributed by atoms with Crippen LogP contribution >= 0.6 is 0 Å². The molecule has 0 atom stereocenters. The highest BCUT2D eigenvalue weighted by Gasteiger charge is 2.44. The summed E-state index contributed by atoms with van der Waals surface area (Å²) in [6.45, 7) is 1.96. The van der Waals surface area contributed by atoms with Crippen LogP contribution in [-0.4, -0.2) is 16.4 Å². The molecule has 0 spiro atoms. The number of carbonyl (C=O) groups excluding carboxylic acids is 2. The third kappa shape index (κ3) is 1.79. The van der Waals surface area contributed by atoms with E-state index >= 15 is 0 Å². The number of primary amides is 2. The van der Waals surface area contributed by atoms with Crippen molar-refractivity contribution in [2.75, 3.05) is 0 Å². The van der Waals surface area contributed by atoms with Crippen LogP contribution in [0.5, 0.6) is 0 Å². The fourth-order valence-corrected chi connectivity index (χ4v) is 2.15. The molecule has 1 heterocycles. The Morgan fingerprint density at radius 3 is 2.33 bits per heavy atom. The summed E-state index contributed by atoms with van der Waals surface area (Å²) in [7, 11) is 0. The third-order valence-electron chi connectivity index (χ3n) is 3.56. The molecule has 0 saturated heterocycles. The van der Waals surface area contributed by atoms with Gasteiger partial charge in [-0.2, -0.15) is 0 Å². The summed E-state index contributed by atoms with van der Waals surface area (Å²) in [4.78, 5) is 34.6. The maximum absolute atomic E-state index is 12.1. The lowest BCUT2D eigenvalue weighted by Crippen LogP contribution is -2.36. The van der Waals surface area contributed by atoms with Crippen LogP contribution in [0.3, 0.4) is 0 Å². The minimum absolute atomic E-state index is 0.128. The van der Waals surface area contributed by atoms with Crippen LogP contribution in [-0.2, 0) is 5.54 Å². The number of nitrogens with zero attached hydrogens (tertiary/aromatic N) is 1. The fourth-order valence-electron chi connectivity index (χ4n) is 2.15. The van der Waals surface area contributed by atoms with Crippen molar-refractivity contribution in [3.63, 3.8) is 0 Å². The van der Waals surface area contributed by atoms with Gasteiger partial charge in [0.25, 0.3) is 11.5 Å². The van der Waals surface area contributed by atoms with Crippen LogP contribution in [0, 0.1) is 0 Å². The number of rotatable bonds is 4. The first kappa shape index (κ1) is 12.3. The fraction of sp³-hybridized carbons (Fsp3) is 0.417. The first-order chi connectivity index (χ1) is 8.41. The number of aromatic nitrogens is 1. The van der Waals surface area contributed by atoms with Gasteiger partial charge in [-0.3, -0.25) is 14.4 Å². The Morgan fingerprint density at radius 2 is 1.94 bits per heavy atom. The van der Waals surface area contributed by atoms with Gasteiger partial charge in [-0.05, 0) is 25.3 Å². The minimum atomic E-state index is -0.844. The molecule has 1 saturated carbocycles. The van der Waals surface area contributed by atoms with Crippen LogP contribution in [0.2, 0.25) is 0 Å². The van der Waals surface area contributed by atoms with Gasteiger partial charge in [-0.15, -0.1) is 0 Å². The summed E-state index contributed by atoms with van der Waals surface area (Å²) < 4.78 is 1.44. The Hall–Kier alpha value is -2.11. The predicted octanol–water partition coefficient (Wildman–Crippen LogP) is -0.0548. The van der Waals surface area contributed by atoms with E-state index in [0.717, 1.165) is 25.3 Å². The lowest BCUT2D eigenvalue weighted by atomic mass is 10.1. The summed E-state index contributed by atoms with van der Waals surface area (Å²) in [5.74, 6) is -1.53. The normalized spacial score (nSPS) is 16.3. The molecule has 6 heteroatoms. The molecule has 1 aromatic rings. The van der Waals surface area contributed by atoms with Gasteiger partial charge in [-0.1, -0.05) is 6.92 Å². The van der Waals surface area contributed by atoms with Gasteiger partial charge in [-0.25, -0.2) is 0 Å². The topological polar surface area (TPSA) is 108 Å². The van der Waals surface area contributed by atoms with Crippen LogP contribution in [0.15, 0.2) is 17.1 Å². The zero-order chi connectivity index (χ0) is 13.5. The number of pyridine rings is 1. The zero-order valence-corrected chi connectivity index (χ0v) is 10.1. The van der Waals surface area contributed by atoms with Crippen LogP contribution in [0.4, 0.5) is 0 Å². The molecular weight excluding hydrogens is 234 g/mol. The molecule has 0 unspecified atom stereocenters. The molecule has 1 aliphatic rings. The molecule has 6 nitrogen and oxygen atoms in total. The van der Waals surface area contributed by atoms with Gasteiger partial charge in [0.05, 0.1) is 5.56 Å². The Balaban J connectivity index is 2.69. The van der Waals surface area contributed by atoms with Crippen LogP contribution in [0.1, 0.15) is 46.9 Å². The van der Waals surface area contributed by atoms with Crippen molar-refractivity contribution in [2.45, 2.75) is 31.7 Å². The smallest absolute Gasteiger partial charge is 0.263 e. The van der Waals surface area contributed by atoms with Crippen molar-refractivity contribution in [1.82, 2.24) is 4.57 Å². The monoisotopic (exact) mass is 249 g/mol. The summed E-state index contributed by atoms with van der Waals surface area (Å²) in [6, 6.07) is 1.16. The van der Waals surface area contributed by atoms with E-state index in [4.69, 9.17) is 11.5 Å². The van der Waals surface area contributed by atoms with E-state index in [0.29, 0.717) is 0 Å². The first-order valence-electron chi connectivity index (χ1n) is 5.78. The molecule has 2 rings (SSSR count). The highest BCUT2D eigenvalue weighted by atomic mass is 16.2. The molecule has 1 aromatic heterocycles. The Bertz CT molecular complexity index is 585. The third-order valence-corrected chi connectivity index (χ3v) is 3.56. The second-order valence-corrected chi connectivity index (χ2v) is 4.62. The molecular formula is C12H15N3O3. The summed E-state index contributed by atoms with van der Waals surface area (Å²) in [5.41, 5.74) is 9.56. The average molecular weight is 249 g/mol. The van der Waals surface area contributed by atoms with Gasteiger partial charge in [0.15, 0.2) is 0 Å². The van der Waals surface area contributed by atoms with E-state index in [1.54, 1.807) is 0 Å². The molecule has 0 radical (unpaired) electrons. The average Bonchev–Trinajstić information content (AvgIpc) is 3.09. The summed E-state index contributed by atoms with van der Waals surface area (Å²) in [5, 5.41) is 0. The maximum Gasteiger partial charge on any atom is 0.263 e. The Labute approximate surface area is 104 Å². The maximum atomic E-state index is 12.1. The van der Waals surface area contributed by atoms with Crippen molar-refractivity contribution in [3.8, 4) is 0 Å². The van der Waals surface area contributed by atoms with Gasteiger partial charge in [0, 0.05) is 11.7 Å². The number of hydrogen-bond acceptors (Lipinski definition) is 3. The number of carbonyl (C=O) groups is 2. The number of hydrogen-bond donors (Lipinski definition) is 2. The summed E-state index contributed by atoms with van der Waals surface area (Å²) >= 11 is 0. The zero-order valence-electron chi connectivity index (χ0n) is 10.1. The highest BCUT2D eigenvalue weighted by molar-refractivity contribution is 5.97. The number of amides is 2. The molecule has 0 aromatic carbocycles. The van der Waals surface area contributed by atoms with Crippen molar-refractivity contribution >= 4 is 11.8 Å². The molecule has 0 aliphatic heterocycles. The second kappa shape index (κ2) is 3.97. The second-order valence-electron chi connectivity index (χ2n) is 4.62. The van der Waals surface area contributed by atoms with Crippen LogP contribution < -0.4 is 17.0 Å². The molecule has 1 fully saturated rings. The lowest BCUT2D eigenvalue weighted by Gasteiger charge is -2.18. The molecule has 0 bridgehead atoms. The molecule has 1 aliphatic carbocycles. The molecule has 18 heavy (non-hydrogen) atoms. The van der Waals surface area contributed by atoms with E-state index in [1.165, 1.54) is 10.8 Å². The molecule has 96 valence electrons. The van der Waals surface area contributed by atoms with Gasteiger partial charge in [0.1, 0.15) is 5.56 Å². The van der Waals surface area contributed by atoms with E-state index in [9.17, 15) is 14.4 Å². The van der Waals surface area contributed by atoms with Crippen molar-refractivity contribution < 1.29 is 9.59 Å². The quantitative estimate of drug-likeness (QED) is 0.780. The first-order valence-corrected chi connectivity index (χ1v) is 5.78. The van der Waals surface area contributed by atoms with Crippen molar-refractivity contribution in [2.24, 2.45) is 11.5 Å².